The maximum atomic E-state index is 12.1. The number of nitrogens with zero attached hydrogens (tertiary/aromatic N) is 1. The standard InChI is InChI=1S/C18H22N2O/c1-14(20-17(21)15-8-7-11-19-13-15)12-18(2,3)16-9-5-4-6-10-16/h4-11,13-14H,12H2,1-3H3,(H,20,21)/t14-/m1/s1. The molecular weight excluding hydrogens is 260 g/mol. The number of carbonyl (C=O) groups excluding carboxylic acids is 1. The quantitative estimate of drug-likeness (QED) is 0.911. The highest BCUT2D eigenvalue weighted by Crippen LogP contribution is 2.28. The summed E-state index contributed by atoms with van der Waals surface area (Å²) in [7, 11) is 0. The summed E-state index contributed by atoms with van der Waals surface area (Å²) < 4.78 is 0. The van der Waals surface area contributed by atoms with Gasteiger partial charge in [-0.05, 0) is 36.5 Å². The van der Waals surface area contributed by atoms with Gasteiger partial charge in [0.15, 0.2) is 0 Å². The molecule has 21 heavy (non-hydrogen) atoms. The molecule has 1 amide bonds. The second-order valence-corrected chi connectivity index (χ2v) is 6.07. The van der Waals surface area contributed by atoms with Gasteiger partial charge < -0.3 is 5.32 Å². The fraction of sp³-hybridized carbons (Fsp3) is 0.333. The van der Waals surface area contributed by atoms with Crippen LogP contribution in [0.1, 0.15) is 43.1 Å². The molecule has 1 aromatic carbocycles. The second-order valence-electron chi connectivity index (χ2n) is 6.07. The molecule has 0 unspecified atom stereocenters. The average Bonchev–Trinajstić information content (AvgIpc) is 2.48. The maximum absolute atomic E-state index is 12.1. The van der Waals surface area contributed by atoms with E-state index in [-0.39, 0.29) is 17.4 Å². The van der Waals surface area contributed by atoms with Crippen LogP contribution >= 0.6 is 0 Å². The number of benzene rings is 1. The monoisotopic (exact) mass is 282 g/mol. The van der Waals surface area contributed by atoms with Crippen molar-refractivity contribution in [3.8, 4) is 0 Å². The Morgan fingerprint density at radius 3 is 2.52 bits per heavy atom. The molecule has 0 aliphatic rings. The first-order chi connectivity index (χ1) is 9.99. The van der Waals surface area contributed by atoms with Crippen LogP contribution in [0.2, 0.25) is 0 Å². The van der Waals surface area contributed by atoms with Gasteiger partial charge in [-0.3, -0.25) is 9.78 Å². The Morgan fingerprint density at radius 2 is 1.90 bits per heavy atom. The lowest BCUT2D eigenvalue weighted by molar-refractivity contribution is 0.0934. The van der Waals surface area contributed by atoms with E-state index in [4.69, 9.17) is 0 Å². The minimum absolute atomic E-state index is 0.0168. The topological polar surface area (TPSA) is 42.0 Å². The molecule has 0 spiro atoms. The third kappa shape index (κ3) is 4.15. The summed E-state index contributed by atoms with van der Waals surface area (Å²) in [5.74, 6) is -0.0699. The van der Waals surface area contributed by atoms with Crippen molar-refractivity contribution in [1.29, 1.82) is 0 Å². The Labute approximate surface area is 126 Å². The molecule has 0 saturated carbocycles. The van der Waals surface area contributed by atoms with Gasteiger partial charge in [-0.25, -0.2) is 0 Å². The number of amides is 1. The number of hydrogen-bond acceptors (Lipinski definition) is 2. The van der Waals surface area contributed by atoms with Crippen LogP contribution in [-0.2, 0) is 5.41 Å². The molecule has 3 heteroatoms. The van der Waals surface area contributed by atoms with E-state index < -0.39 is 0 Å². The predicted molar refractivity (Wildman–Crippen MR) is 85.3 cm³/mol. The van der Waals surface area contributed by atoms with E-state index >= 15 is 0 Å². The van der Waals surface area contributed by atoms with E-state index in [2.05, 4.69) is 48.4 Å². The van der Waals surface area contributed by atoms with Gasteiger partial charge in [0.05, 0.1) is 5.56 Å². The lowest BCUT2D eigenvalue weighted by Gasteiger charge is -2.29. The third-order valence-electron chi connectivity index (χ3n) is 3.67. The van der Waals surface area contributed by atoms with Crippen LogP contribution in [0.15, 0.2) is 54.9 Å². The van der Waals surface area contributed by atoms with Gasteiger partial charge in [0.1, 0.15) is 0 Å². The van der Waals surface area contributed by atoms with E-state index in [1.807, 2.05) is 13.0 Å². The van der Waals surface area contributed by atoms with Crippen molar-refractivity contribution in [2.45, 2.75) is 38.6 Å². The summed E-state index contributed by atoms with van der Waals surface area (Å²) in [6.45, 7) is 6.45. The first-order valence-electron chi connectivity index (χ1n) is 7.25. The van der Waals surface area contributed by atoms with Crippen molar-refractivity contribution in [3.63, 3.8) is 0 Å². The normalized spacial score (nSPS) is 12.7. The Balaban J connectivity index is 1.98. The van der Waals surface area contributed by atoms with E-state index in [1.165, 1.54) is 5.56 Å². The molecule has 0 radical (unpaired) electrons. The van der Waals surface area contributed by atoms with Crippen LogP contribution in [0.3, 0.4) is 0 Å². The van der Waals surface area contributed by atoms with Gasteiger partial charge in [-0.15, -0.1) is 0 Å². The molecular formula is C18H22N2O. The highest BCUT2D eigenvalue weighted by Gasteiger charge is 2.24. The lowest BCUT2D eigenvalue weighted by Crippen LogP contribution is -2.37. The molecule has 110 valence electrons. The highest BCUT2D eigenvalue weighted by molar-refractivity contribution is 5.93. The summed E-state index contributed by atoms with van der Waals surface area (Å²) in [4.78, 5) is 16.1. The van der Waals surface area contributed by atoms with Crippen molar-refractivity contribution < 1.29 is 4.79 Å². The van der Waals surface area contributed by atoms with Gasteiger partial charge in [0, 0.05) is 18.4 Å². The van der Waals surface area contributed by atoms with E-state index in [1.54, 1.807) is 24.5 Å². The average molecular weight is 282 g/mol. The second kappa shape index (κ2) is 6.53. The third-order valence-corrected chi connectivity index (χ3v) is 3.67. The molecule has 0 fully saturated rings. The molecule has 2 aromatic rings. The van der Waals surface area contributed by atoms with Crippen LogP contribution in [0.4, 0.5) is 0 Å². The molecule has 0 aliphatic carbocycles. The van der Waals surface area contributed by atoms with E-state index in [0.717, 1.165) is 6.42 Å². The number of pyridine rings is 1. The smallest absolute Gasteiger partial charge is 0.253 e. The Bertz CT molecular complexity index is 579. The van der Waals surface area contributed by atoms with Gasteiger partial charge in [-0.2, -0.15) is 0 Å². The highest BCUT2D eigenvalue weighted by atomic mass is 16.1. The minimum atomic E-state index is -0.0699. The van der Waals surface area contributed by atoms with E-state index in [0.29, 0.717) is 5.56 Å². The fourth-order valence-corrected chi connectivity index (χ4v) is 2.63. The van der Waals surface area contributed by atoms with Crippen molar-refractivity contribution in [2.24, 2.45) is 0 Å². The van der Waals surface area contributed by atoms with Crippen LogP contribution in [0, 0.1) is 0 Å². The summed E-state index contributed by atoms with van der Waals surface area (Å²) in [5.41, 5.74) is 1.90. The van der Waals surface area contributed by atoms with Crippen molar-refractivity contribution >= 4 is 5.91 Å². The minimum Gasteiger partial charge on any atom is -0.350 e. The van der Waals surface area contributed by atoms with Crippen LogP contribution in [0.5, 0.6) is 0 Å². The van der Waals surface area contributed by atoms with Crippen LogP contribution in [-0.4, -0.2) is 16.9 Å². The summed E-state index contributed by atoms with van der Waals surface area (Å²) in [6.07, 6.45) is 4.13. The number of aromatic nitrogens is 1. The van der Waals surface area contributed by atoms with Gasteiger partial charge in [0.25, 0.3) is 5.91 Å². The number of nitrogens with one attached hydrogen (secondary N) is 1. The molecule has 0 saturated heterocycles. The first-order valence-corrected chi connectivity index (χ1v) is 7.25. The molecule has 1 aromatic heterocycles. The predicted octanol–water partition coefficient (Wildman–Crippen LogP) is 3.57. The van der Waals surface area contributed by atoms with Crippen LogP contribution in [0.25, 0.3) is 0 Å². The van der Waals surface area contributed by atoms with Gasteiger partial charge >= 0.3 is 0 Å². The lowest BCUT2D eigenvalue weighted by atomic mass is 9.79. The number of rotatable bonds is 5. The molecule has 0 bridgehead atoms. The zero-order valence-electron chi connectivity index (χ0n) is 12.8. The number of hydrogen-bond donors (Lipinski definition) is 1. The van der Waals surface area contributed by atoms with Gasteiger partial charge in [0.2, 0.25) is 0 Å². The zero-order valence-corrected chi connectivity index (χ0v) is 12.8. The molecule has 1 N–H and O–H groups in total. The molecule has 3 nitrogen and oxygen atoms in total. The Kier molecular flexibility index (Phi) is 4.73. The molecule has 1 heterocycles. The molecule has 2 rings (SSSR count). The maximum Gasteiger partial charge on any atom is 0.253 e. The SMILES string of the molecule is C[C@H](CC(C)(C)c1ccccc1)NC(=O)c1cccnc1. The van der Waals surface area contributed by atoms with Crippen molar-refractivity contribution in [1.82, 2.24) is 10.3 Å². The van der Waals surface area contributed by atoms with Crippen molar-refractivity contribution in [3.05, 3.63) is 66.0 Å². The number of carbonyl (C=O) groups is 1. The first kappa shape index (κ1) is 15.2. The molecule has 1 atom stereocenters. The van der Waals surface area contributed by atoms with Crippen LogP contribution < -0.4 is 5.32 Å². The summed E-state index contributed by atoms with van der Waals surface area (Å²) >= 11 is 0. The Morgan fingerprint density at radius 1 is 1.19 bits per heavy atom. The fourth-order valence-electron chi connectivity index (χ4n) is 2.63. The van der Waals surface area contributed by atoms with Crippen molar-refractivity contribution in [2.75, 3.05) is 0 Å². The Hall–Kier alpha value is -2.16. The zero-order chi connectivity index (χ0) is 15.3. The van der Waals surface area contributed by atoms with Gasteiger partial charge in [-0.1, -0.05) is 44.2 Å². The van der Waals surface area contributed by atoms with E-state index in [9.17, 15) is 4.79 Å². The summed E-state index contributed by atoms with van der Waals surface area (Å²) in [6, 6.07) is 14.0. The molecule has 0 aliphatic heterocycles. The summed E-state index contributed by atoms with van der Waals surface area (Å²) in [5, 5.41) is 3.04. The largest absolute Gasteiger partial charge is 0.350 e.